The van der Waals surface area contributed by atoms with Gasteiger partial charge in [-0.25, -0.2) is 0 Å². The molecule has 0 aromatic heterocycles. The number of hydrogen-bond acceptors (Lipinski definition) is 5. The first-order chi connectivity index (χ1) is 13.3. The minimum Gasteiger partial charge on any atom is -0.497 e. The third-order valence-corrected chi connectivity index (χ3v) is 5.97. The first kappa shape index (κ1) is 22.0. The van der Waals surface area contributed by atoms with Crippen LogP contribution in [0, 0.1) is 5.92 Å². The second-order valence-electron chi connectivity index (χ2n) is 6.83. The second-order valence-corrected chi connectivity index (χ2v) is 7.97. The minimum atomic E-state index is -0.435. The first-order valence-electron chi connectivity index (χ1n) is 9.41. The number of ether oxygens (including phenoxy) is 2. The number of carbonyl (C=O) groups excluding carboxylic acids is 2. The molecule has 0 spiro atoms. The number of esters is 1. The summed E-state index contributed by atoms with van der Waals surface area (Å²) in [6.45, 7) is 9.89. The Balaban J connectivity index is 2.07. The van der Waals surface area contributed by atoms with E-state index in [1.54, 1.807) is 14.0 Å². The SMILES string of the molecule is C=C(SCC(CC(C)=O)C(=O)OCC)C(C)c1ccc2cc(OC)ccc2c1. The molecular formula is C23H28O4S. The average Bonchev–Trinajstić information content (AvgIpc) is 2.69. The van der Waals surface area contributed by atoms with Gasteiger partial charge in [0.05, 0.1) is 19.6 Å². The van der Waals surface area contributed by atoms with Crippen LogP contribution in [0.2, 0.25) is 0 Å². The molecule has 0 N–H and O–H groups in total. The van der Waals surface area contributed by atoms with Crippen molar-refractivity contribution in [2.45, 2.75) is 33.1 Å². The summed E-state index contributed by atoms with van der Waals surface area (Å²) in [5.74, 6) is 0.690. The van der Waals surface area contributed by atoms with Gasteiger partial charge in [0.1, 0.15) is 11.5 Å². The third kappa shape index (κ3) is 5.86. The fourth-order valence-corrected chi connectivity index (χ4v) is 4.03. The summed E-state index contributed by atoms with van der Waals surface area (Å²) < 4.78 is 10.4. The van der Waals surface area contributed by atoms with E-state index < -0.39 is 5.92 Å². The van der Waals surface area contributed by atoms with Crippen molar-refractivity contribution in [2.24, 2.45) is 5.92 Å². The van der Waals surface area contributed by atoms with E-state index in [0.29, 0.717) is 12.4 Å². The van der Waals surface area contributed by atoms with Crippen LogP contribution < -0.4 is 4.74 Å². The summed E-state index contributed by atoms with van der Waals surface area (Å²) in [4.78, 5) is 24.6. The van der Waals surface area contributed by atoms with E-state index in [-0.39, 0.29) is 24.1 Å². The lowest BCUT2D eigenvalue weighted by Gasteiger charge is -2.19. The molecule has 150 valence electrons. The molecule has 0 bridgehead atoms. The van der Waals surface area contributed by atoms with Crippen LogP contribution in [0.25, 0.3) is 10.8 Å². The van der Waals surface area contributed by atoms with Gasteiger partial charge in [0.2, 0.25) is 0 Å². The molecule has 4 nitrogen and oxygen atoms in total. The maximum Gasteiger partial charge on any atom is 0.310 e. The molecule has 5 heteroatoms. The van der Waals surface area contributed by atoms with E-state index >= 15 is 0 Å². The van der Waals surface area contributed by atoms with Crippen molar-refractivity contribution in [1.82, 2.24) is 0 Å². The van der Waals surface area contributed by atoms with E-state index in [4.69, 9.17) is 9.47 Å². The number of allylic oxidation sites excluding steroid dienone is 1. The number of hydrogen-bond donors (Lipinski definition) is 0. The quantitative estimate of drug-likeness (QED) is 0.503. The molecular weight excluding hydrogens is 372 g/mol. The average molecular weight is 401 g/mol. The summed E-state index contributed by atoms with van der Waals surface area (Å²) in [7, 11) is 1.66. The van der Waals surface area contributed by atoms with Gasteiger partial charge < -0.3 is 14.3 Å². The first-order valence-corrected chi connectivity index (χ1v) is 10.4. The molecule has 2 rings (SSSR count). The number of rotatable bonds is 10. The lowest BCUT2D eigenvalue weighted by Crippen LogP contribution is -2.22. The Hall–Kier alpha value is -2.27. The lowest BCUT2D eigenvalue weighted by molar-refractivity contribution is -0.148. The zero-order chi connectivity index (χ0) is 20.7. The number of carbonyl (C=O) groups is 2. The topological polar surface area (TPSA) is 52.6 Å². The van der Waals surface area contributed by atoms with Gasteiger partial charge in [-0.3, -0.25) is 4.79 Å². The minimum absolute atomic E-state index is 0.0118. The van der Waals surface area contributed by atoms with Gasteiger partial charge in [0.25, 0.3) is 0 Å². The fraction of sp³-hybridized carbons (Fsp3) is 0.391. The Morgan fingerprint density at radius 3 is 2.46 bits per heavy atom. The van der Waals surface area contributed by atoms with Gasteiger partial charge in [-0.05, 0) is 47.2 Å². The molecule has 2 atom stereocenters. The number of methoxy groups -OCH3 is 1. The van der Waals surface area contributed by atoms with E-state index in [9.17, 15) is 9.59 Å². The molecule has 0 aliphatic carbocycles. The largest absolute Gasteiger partial charge is 0.497 e. The van der Waals surface area contributed by atoms with E-state index in [1.165, 1.54) is 18.7 Å². The highest BCUT2D eigenvalue weighted by molar-refractivity contribution is 8.03. The highest BCUT2D eigenvalue weighted by Gasteiger charge is 2.23. The van der Waals surface area contributed by atoms with Crippen molar-refractivity contribution in [1.29, 1.82) is 0 Å². The van der Waals surface area contributed by atoms with E-state index in [2.05, 4.69) is 31.7 Å². The number of ketones is 1. The Morgan fingerprint density at radius 1 is 1.14 bits per heavy atom. The number of thioether (sulfide) groups is 1. The molecule has 0 aliphatic heterocycles. The second kappa shape index (κ2) is 10.3. The Bertz CT molecular complexity index is 859. The predicted molar refractivity (Wildman–Crippen MR) is 116 cm³/mol. The van der Waals surface area contributed by atoms with Crippen LogP contribution in [-0.4, -0.2) is 31.2 Å². The van der Waals surface area contributed by atoms with Crippen LogP contribution in [0.4, 0.5) is 0 Å². The van der Waals surface area contributed by atoms with Gasteiger partial charge in [0, 0.05) is 18.1 Å². The van der Waals surface area contributed by atoms with Crippen LogP contribution in [0.3, 0.4) is 0 Å². The summed E-state index contributed by atoms with van der Waals surface area (Å²) in [6, 6.07) is 12.3. The molecule has 0 fully saturated rings. The predicted octanol–water partition coefficient (Wildman–Crippen LogP) is 5.36. The molecule has 0 saturated heterocycles. The Kier molecular flexibility index (Phi) is 8.12. The maximum absolute atomic E-state index is 12.1. The van der Waals surface area contributed by atoms with Crippen LogP contribution >= 0.6 is 11.8 Å². The number of benzene rings is 2. The van der Waals surface area contributed by atoms with Crippen molar-refractivity contribution < 1.29 is 19.1 Å². The molecule has 2 aromatic carbocycles. The molecule has 0 aliphatic rings. The van der Waals surface area contributed by atoms with Gasteiger partial charge in [-0.2, -0.15) is 0 Å². The lowest BCUT2D eigenvalue weighted by atomic mass is 9.97. The standard InChI is InChI=1S/C23H28O4S/c1-6-27-23(25)21(11-15(2)24)14-28-17(4)16(3)18-7-8-20-13-22(26-5)10-9-19(20)12-18/h7-10,12-13,16,21H,4,6,11,14H2,1-3,5H3. The highest BCUT2D eigenvalue weighted by atomic mass is 32.2. The smallest absolute Gasteiger partial charge is 0.310 e. The third-order valence-electron chi connectivity index (χ3n) is 4.68. The van der Waals surface area contributed by atoms with Gasteiger partial charge >= 0.3 is 5.97 Å². The van der Waals surface area contributed by atoms with Crippen LogP contribution in [0.15, 0.2) is 47.9 Å². The highest BCUT2D eigenvalue weighted by Crippen LogP contribution is 2.34. The Morgan fingerprint density at radius 2 is 1.82 bits per heavy atom. The zero-order valence-electron chi connectivity index (χ0n) is 17.0. The monoisotopic (exact) mass is 400 g/mol. The van der Waals surface area contributed by atoms with Crippen molar-refractivity contribution in [2.75, 3.05) is 19.5 Å². The maximum atomic E-state index is 12.1. The molecule has 0 saturated carbocycles. The summed E-state index contributed by atoms with van der Waals surface area (Å²) in [6.07, 6.45) is 0.200. The van der Waals surface area contributed by atoms with Crippen molar-refractivity contribution in [3.8, 4) is 5.75 Å². The van der Waals surface area contributed by atoms with Crippen molar-refractivity contribution in [3.05, 3.63) is 53.4 Å². The normalized spacial score (nSPS) is 13.0. The molecule has 28 heavy (non-hydrogen) atoms. The molecule has 0 amide bonds. The number of Topliss-reactive ketones (excluding diaryl/α,β-unsaturated/α-hetero) is 1. The van der Waals surface area contributed by atoms with Crippen molar-refractivity contribution in [3.63, 3.8) is 0 Å². The van der Waals surface area contributed by atoms with Crippen LogP contribution in [0.1, 0.15) is 38.7 Å². The van der Waals surface area contributed by atoms with Gasteiger partial charge in [-0.1, -0.05) is 37.8 Å². The fourth-order valence-electron chi connectivity index (χ4n) is 2.97. The van der Waals surface area contributed by atoms with Gasteiger partial charge in [0.15, 0.2) is 0 Å². The van der Waals surface area contributed by atoms with E-state index in [0.717, 1.165) is 27.0 Å². The van der Waals surface area contributed by atoms with Crippen LogP contribution in [-0.2, 0) is 14.3 Å². The summed E-state index contributed by atoms with van der Waals surface area (Å²) >= 11 is 1.53. The zero-order valence-corrected chi connectivity index (χ0v) is 17.8. The number of fused-ring (bicyclic) bond motifs is 1. The summed E-state index contributed by atoms with van der Waals surface area (Å²) in [5, 5.41) is 2.27. The molecule has 0 heterocycles. The molecule has 2 unspecified atom stereocenters. The van der Waals surface area contributed by atoms with E-state index in [1.807, 2.05) is 18.2 Å². The Labute approximate surface area is 171 Å². The molecule has 2 aromatic rings. The molecule has 0 radical (unpaired) electrons. The van der Waals surface area contributed by atoms with Gasteiger partial charge in [-0.15, -0.1) is 11.8 Å². The van der Waals surface area contributed by atoms with Crippen molar-refractivity contribution >= 4 is 34.3 Å². The summed E-state index contributed by atoms with van der Waals surface area (Å²) in [5.41, 5.74) is 1.16. The van der Waals surface area contributed by atoms with Crippen LogP contribution in [0.5, 0.6) is 5.75 Å².